The molecule has 2 rings (SSSR count). The Hall–Kier alpha value is -2.61. The zero-order valence-electron chi connectivity index (χ0n) is 13.3. The smallest absolute Gasteiger partial charge is 0.303 e. The maximum atomic E-state index is 12.3. The van der Waals surface area contributed by atoms with Crippen molar-refractivity contribution in [3.8, 4) is 5.75 Å². The number of aliphatic hydroxyl groups excluding tert-OH is 1. The van der Waals surface area contributed by atoms with Gasteiger partial charge in [-0.05, 0) is 31.5 Å². The molecule has 0 saturated heterocycles. The van der Waals surface area contributed by atoms with E-state index in [1.807, 2.05) is 0 Å². The van der Waals surface area contributed by atoms with Gasteiger partial charge in [0.2, 0.25) is 5.91 Å². The lowest BCUT2D eigenvalue weighted by Gasteiger charge is -2.33. The van der Waals surface area contributed by atoms with Gasteiger partial charge in [-0.15, -0.1) is 0 Å². The minimum absolute atomic E-state index is 0.0417. The highest BCUT2D eigenvalue weighted by Crippen LogP contribution is 2.36. The Morgan fingerprint density at radius 1 is 1.33 bits per heavy atom. The molecule has 130 valence electrons. The number of nitrogens with zero attached hydrogens (tertiary/aromatic N) is 1. The van der Waals surface area contributed by atoms with Gasteiger partial charge < -0.3 is 25.2 Å². The normalized spacial score (nSPS) is 16.3. The Bertz CT molecular complexity index is 645. The van der Waals surface area contributed by atoms with Crippen LogP contribution in [0.5, 0.6) is 5.75 Å². The second kappa shape index (κ2) is 7.78. The van der Waals surface area contributed by atoms with Gasteiger partial charge in [-0.2, -0.15) is 0 Å². The summed E-state index contributed by atoms with van der Waals surface area (Å²) in [6.45, 7) is 1.95. The number of benzene rings is 1. The van der Waals surface area contributed by atoms with Gasteiger partial charge in [-0.1, -0.05) is 0 Å². The SMILES string of the molecule is CC1Oc2ccc(NC(=O)CCC(=O)O)cc2N(CCCO)C1=O. The maximum Gasteiger partial charge on any atom is 0.303 e. The van der Waals surface area contributed by atoms with Crippen molar-refractivity contribution < 1.29 is 29.3 Å². The molecule has 2 amide bonds. The summed E-state index contributed by atoms with van der Waals surface area (Å²) >= 11 is 0. The number of aliphatic hydroxyl groups is 1. The molecular weight excluding hydrogens is 316 g/mol. The van der Waals surface area contributed by atoms with E-state index < -0.39 is 18.0 Å². The fourth-order valence-electron chi connectivity index (χ4n) is 2.39. The first-order valence-corrected chi connectivity index (χ1v) is 7.67. The van der Waals surface area contributed by atoms with E-state index in [1.54, 1.807) is 25.1 Å². The summed E-state index contributed by atoms with van der Waals surface area (Å²) in [5.74, 6) is -1.16. The Morgan fingerprint density at radius 3 is 2.75 bits per heavy atom. The number of carboxylic acids is 1. The summed E-state index contributed by atoms with van der Waals surface area (Å²) in [7, 11) is 0. The summed E-state index contributed by atoms with van der Waals surface area (Å²) in [4.78, 5) is 36.0. The van der Waals surface area contributed by atoms with E-state index in [-0.39, 0.29) is 25.4 Å². The molecule has 1 unspecified atom stereocenters. The molecule has 1 atom stereocenters. The van der Waals surface area contributed by atoms with Crippen molar-refractivity contribution in [1.82, 2.24) is 0 Å². The highest BCUT2D eigenvalue weighted by atomic mass is 16.5. The van der Waals surface area contributed by atoms with Crippen molar-refractivity contribution in [1.29, 1.82) is 0 Å². The zero-order chi connectivity index (χ0) is 17.7. The number of nitrogens with one attached hydrogen (secondary N) is 1. The first-order valence-electron chi connectivity index (χ1n) is 7.67. The molecule has 1 aromatic carbocycles. The van der Waals surface area contributed by atoms with Gasteiger partial charge in [0.1, 0.15) is 5.75 Å². The lowest BCUT2D eigenvalue weighted by Crippen LogP contribution is -2.45. The summed E-state index contributed by atoms with van der Waals surface area (Å²) in [5, 5.41) is 20.2. The molecule has 24 heavy (non-hydrogen) atoms. The van der Waals surface area contributed by atoms with Gasteiger partial charge in [0.05, 0.1) is 12.1 Å². The van der Waals surface area contributed by atoms with Crippen LogP contribution in [0.15, 0.2) is 18.2 Å². The molecule has 1 aromatic rings. The standard InChI is InChI=1S/C16H20N2O6/c1-10-16(23)18(7-2-8-19)12-9-11(3-4-13(12)24-10)17-14(20)5-6-15(21)22/h3-4,9-10,19H,2,5-8H2,1H3,(H,17,20)(H,21,22). The number of carbonyl (C=O) groups excluding carboxylic acids is 2. The average Bonchev–Trinajstić information content (AvgIpc) is 2.54. The molecule has 3 N–H and O–H groups in total. The second-order valence-corrected chi connectivity index (χ2v) is 5.45. The fraction of sp³-hybridized carbons (Fsp3) is 0.438. The van der Waals surface area contributed by atoms with Crippen LogP contribution in [0.4, 0.5) is 11.4 Å². The number of carbonyl (C=O) groups is 3. The van der Waals surface area contributed by atoms with Crippen LogP contribution in [0.1, 0.15) is 26.2 Å². The topological polar surface area (TPSA) is 116 Å². The van der Waals surface area contributed by atoms with Crippen molar-refractivity contribution >= 4 is 29.2 Å². The lowest BCUT2D eigenvalue weighted by molar-refractivity contribution is -0.138. The Morgan fingerprint density at radius 2 is 2.08 bits per heavy atom. The van der Waals surface area contributed by atoms with Crippen molar-refractivity contribution in [3.63, 3.8) is 0 Å². The fourth-order valence-corrected chi connectivity index (χ4v) is 2.39. The van der Waals surface area contributed by atoms with E-state index in [4.69, 9.17) is 14.9 Å². The van der Waals surface area contributed by atoms with Gasteiger partial charge in [-0.3, -0.25) is 14.4 Å². The predicted molar refractivity (Wildman–Crippen MR) is 86.1 cm³/mol. The second-order valence-electron chi connectivity index (χ2n) is 5.45. The molecular formula is C16H20N2O6. The van der Waals surface area contributed by atoms with Gasteiger partial charge in [-0.25, -0.2) is 0 Å². The molecule has 8 heteroatoms. The third-order valence-electron chi connectivity index (χ3n) is 3.56. The van der Waals surface area contributed by atoms with Crippen molar-refractivity contribution in [2.75, 3.05) is 23.4 Å². The number of rotatable bonds is 7. The van der Waals surface area contributed by atoms with Crippen LogP contribution >= 0.6 is 0 Å². The molecule has 0 aliphatic carbocycles. The first-order chi connectivity index (χ1) is 11.4. The van der Waals surface area contributed by atoms with E-state index in [0.717, 1.165) is 0 Å². The number of hydrogen-bond donors (Lipinski definition) is 3. The van der Waals surface area contributed by atoms with Crippen LogP contribution in [-0.2, 0) is 14.4 Å². The predicted octanol–water partition coefficient (Wildman–Crippen LogP) is 0.986. The molecule has 1 heterocycles. The van der Waals surface area contributed by atoms with Crippen LogP contribution in [0.3, 0.4) is 0 Å². The highest BCUT2D eigenvalue weighted by molar-refractivity contribution is 6.01. The minimum Gasteiger partial charge on any atom is -0.481 e. The molecule has 0 bridgehead atoms. The average molecular weight is 336 g/mol. The number of hydrogen-bond acceptors (Lipinski definition) is 5. The third-order valence-corrected chi connectivity index (χ3v) is 3.56. The summed E-state index contributed by atoms with van der Waals surface area (Å²) in [5.41, 5.74) is 0.965. The van der Waals surface area contributed by atoms with Gasteiger partial charge >= 0.3 is 5.97 Å². The Kier molecular flexibility index (Phi) is 5.75. The van der Waals surface area contributed by atoms with Crippen LogP contribution in [0, 0.1) is 0 Å². The third kappa shape index (κ3) is 4.23. The van der Waals surface area contributed by atoms with Crippen LogP contribution < -0.4 is 15.0 Å². The molecule has 1 aliphatic rings. The summed E-state index contributed by atoms with van der Waals surface area (Å²) in [6, 6.07) is 4.89. The maximum absolute atomic E-state index is 12.3. The summed E-state index contributed by atoms with van der Waals surface area (Å²) in [6.07, 6.45) is -0.578. The van der Waals surface area contributed by atoms with Crippen molar-refractivity contribution in [2.45, 2.75) is 32.3 Å². The van der Waals surface area contributed by atoms with Crippen molar-refractivity contribution in [2.24, 2.45) is 0 Å². The molecule has 0 fully saturated rings. The number of ether oxygens (including phenoxy) is 1. The number of anilines is 2. The van der Waals surface area contributed by atoms with E-state index in [9.17, 15) is 14.4 Å². The quantitative estimate of drug-likeness (QED) is 0.684. The summed E-state index contributed by atoms with van der Waals surface area (Å²) < 4.78 is 5.55. The van der Waals surface area contributed by atoms with E-state index in [2.05, 4.69) is 5.32 Å². The zero-order valence-corrected chi connectivity index (χ0v) is 13.3. The van der Waals surface area contributed by atoms with E-state index >= 15 is 0 Å². The van der Waals surface area contributed by atoms with Crippen LogP contribution in [0.25, 0.3) is 0 Å². The Labute approximate surface area is 139 Å². The molecule has 0 aromatic heterocycles. The monoisotopic (exact) mass is 336 g/mol. The number of carboxylic acid groups (broad SMARTS) is 1. The molecule has 0 saturated carbocycles. The molecule has 0 spiro atoms. The number of fused-ring (bicyclic) bond motifs is 1. The largest absolute Gasteiger partial charge is 0.481 e. The van der Waals surface area contributed by atoms with Gasteiger partial charge in [0.15, 0.2) is 6.10 Å². The number of amides is 2. The van der Waals surface area contributed by atoms with Crippen LogP contribution in [-0.4, -0.2) is 47.3 Å². The van der Waals surface area contributed by atoms with E-state index in [1.165, 1.54) is 4.90 Å². The van der Waals surface area contributed by atoms with Gasteiger partial charge in [0, 0.05) is 25.3 Å². The van der Waals surface area contributed by atoms with Gasteiger partial charge in [0.25, 0.3) is 5.91 Å². The Balaban J connectivity index is 2.17. The minimum atomic E-state index is -1.04. The van der Waals surface area contributed by atoms with Crippen LogP contribution in [0.2, 0.25) is 0 Å². The van der Waals surface area contributed by atoms with Crippen molar-refractivity contribution in [3.05, 3.63) is 18.2 Å². The first kappa shape index (κ1) is 17.7. The highest BCUT2D eigenvalue weighted by Gasteiger charge is 2.31. The molecule has 8 nitrogen and oxygen atoms in total. The van der Waals surface area contributed by atoms with E-state index in [0.29, 0.717) is 30.1 Å². The number of aliphatic carboxylic acids is 1. The molecule has 1 aliphatic heterocycles. The molecule has 0 radical (unpaired) electrons. The lowest BCUT2D eigenvalue weighted by atomic mass is 10.1.